The van der Waals surface area contributed by atoms with Gasteiger partial charge in [-0.15, -0.1) is 0 Å². The number of rotatable bonds is 6. The van der Waals surface area contributed by atoms with E-state index < -0.39 is 5.60 Å². The van der Waals surface area contributed by atoms with E-state index in [0.29, 0.717) is 49.4 Å². The van der Waals surface area contributed by atoms with Crippen LogP contribution in [0.25, 0.3) is 0 Å². The molecule has 4 fully saturated rings. The Hall–Kier alpha value is -0.980. The third-order valence-corrected chi connectivity index (χ3v) is 9.55. The highest BCUT2D eigenvalue weighted by Crippen LogP contribution is 2.67. The zero-order valence-corrected chi connectivity index (χ0v) is 19.0. The predicted octanol–water partition coefficient (Wildman–Crippen LogP) is 2.91. The Kier molecular flexibility index (Phi) is 6.06. The Morgan fingerprint density at radius 1 is 1.20 bits per heavy atom. The third kappa shape index (κ3) is 3.43. The van der Waals surface area contributed by atoms with Crippen LogP contribution in [0.15, 0.2) is 5.16 Å². The molecule has 3 N–H and O–H groups in total. The third-order valence-electron chi connectivity index (χ3n) is 9.55. The molecule has 0 aromatic heterocycles. The lowest BCUT2D eigenvalue weighted by atomic mass is 9.42. The summed E-state index contributed by atoms with van der Waals surface area (Å²) in [6, 6.07) is 0. The SMILES string of the molecule is CNCCCON=C1CC[C@@]2(C)C(C1)C(O)(CO)C[C@@H]1[C@H]2CC[C@]2(C)C(=O)CC[C@@H]12. The number of carbonyl (C=O) groups excluding carboxylic acids is 1. The van der Waals surface area contributed by atoms with Crippen molar-refractivity contribution in [2.75, 3.05) is 26.8 Å². The largest absolute Gasteiger partial charge is 0.396 e. The molecule has 4 saturated carbocycles. The molecular formula is C24H40N2O4. The molecule has 0 aliphatic heterocycles. The summed E-state index contributed by atoms with van der Waals surface area (Å²) in [6.07, 6.45) is 7.76. The maximum Gasteiger partial charge on any atom is 0.139 e. The molecule has 0 heterocycles. The van der Waals surface area contributed by atoms with E-state index in [-0.39, 0.29) is 23.4 Å². The van der Waals surface area contributed by atoms with Gasteiger partial charge in [-0.1, -0.05) is 19.0 Å². The lowest BCUT2D eigenvalue weighted by molar-refractivity contribution is -0.206. The highest BCUT2D eigenvalue weighted by molar-refractivity contribution is 5.87. The number of aliphatic hydroxyl groups excluding tert-OH is 1. The van der Waals surface area contributed by atoms with Crippen LogP contribution in [0.5, 0.6) is 0 Å². The van der Waals surface area contributed by atoms with Gasteiger partial charge in [0.05, 0.1) is 17.9 Å². The number of oxime groups is 1. The Balaban J connectivity index is 1.55. The molecular weight excluding hydrogens is 380 g/mol. The standard InChI is InChI=1S/C24H40N2O4/c1-22-9-7-16(26-30-12-4-11-25-3)13-20(22)24(29,15-27)14-17-18-5-6-21(28)23(18,2)10-8-19(17)22/h17-20,25,27,29H,4-15H2,1-3H3/t17-,18-,19+,20?,22+,23-,24?/m0/s1. The van der Waals surface area contributed by atoms with Crippen molar-refractivity contribution in [3.8, 4) is 0 Å². The van der Waals surface area contributed by atoms with Crippen LogP contribution in [0.1, 0.15) is 71.6 Å². The van der Waals surface area contributed by atoms with E-state index in [1.807, 2.05) is 7.05 Å². The number of aliphatic hydroxyl groups is 2. The van der Waals surface area contributed by atoms with E-state index in [0.717, 1.165) is 50.8 Å². The molecule has 6 nitrogen and oxygen atoms in total. The molecule has 4 rings (SSSR count). The zero-order valence-electron chi connectivity index (χ0n) is 19.0. The van der Waals surface area contributed by atoms with E-state index >= 15 is 0 Å². The summed E-state index contributed by atoms with van der Waals surface area (Å²) in [5, 5.41) is 29.5. The Labute approximate surface area is 180 Å². The van der Waals surface area contributed by atoms with Crippen molar-refractivity contribution in [1.82, 2.24) is 5.32 Å². The number of nitrogens with zero attached hydrogens (tertiary/aromatic N) is 1. The molecule has 0 aromatic rings. The molecule has 170 valence electrons. The van der Waals surface area contributed by atoms with Crippen LogP contribution < -0.4 is 5.32 Å². The molecule has 4 aliphatic carbocycles. The molecule has 30 heavy (non-hydrogen) atoms. The first kappa shape index (κ1) is 22.2. The van der Waals surface area contributed by atoms with Crippen LogP contribution in [0.4, 0.5) is 0 Å². The summed E-state index contributed by atoms with van der Waals surface area (Å²) >= 11 is 0. The molecule has 0 amide bonds. The van der Waals surface area contributed by atoms with Crippen LogP contribution in [0.2, 0.25) is 0 Å². The van der Waals surface area contributed by atoms with E-state index in [4.69, 9.17) is 4.84 Å². The fourth-order valence-corrected chi connectivity index (χ4v) is 7.83. The monoisotopic (exact) mass is 420 g/mol. The number of hydrogen-bond donors (Lipinski definition) is 3. The fraction of sp³-hybridized carbons (Fsp3) is 0.917. The molecule has 6 heteroatoms. The maximum absolute atomic E-state index is 12.7. The Morgan fingerprint density at radius 3 is 2.73 bits per heavy atom. The average Bonchev–Trinajstić information content (AvgIpc) is 3.03. The van der Waals surface area contributed by atoms with Gasteiger partial charge < -0.3 is 20.4 Å². The minimum atomic E-state index is -1.10. The van der Waals surface area contributed by atoms with Gasteiger partial charge in [0.25, 0.3) is 0 Å². The lowest BCUT2D eigenvalue weighted by Gasteiger charge is -2.63. The summed E-state index contributed by atoms with van der Waals surface area (Å²) < 4.78 is 0. The number of hydrogen-bond acceptors (Lipinski definition) is 6. The van der Waals surface area contributed by atoms with Gasteiger partial charge in [-0.2, -0.15) is 0 Å². The van der Waals surface area contributed by atoms with Crippen molar-refractivity contribution in [3.05, 3.63) is 0 Å². The number of carbonyl (C=O) groups is 1. The molecule has 0 spiro atoms. The topological polar surface area (TPSA) is 91.2 Å². The minimum Gasteiger partial charge on any atom is -0.396 e. The Bertz CT molecular complexity index is 697. The first-order valence-corrected chi connectivity index (χ1v) is 12.0. The van der Waals surface area contributed by atoms with E-state index in [2.05, 4.69) is 24.3 Å². The average molecular weight is 421 g/mol. The summed E-state index contributed by atoms with van der Waals surface area (Å²) in [5.41, 5.74) is -0.335. The van der Waals surface area contributed by atoms with Crippen LogP contribution in [-0.4, -0.2) is 54.1 Å². The molecule has 0 radical (unpaired) electrons. The van der Waals surface area contributed by atoms with Crippen LogP contribution in [0.3, 0.4) is 0 Å². The fourth-order valence-electron chi connectivity index (χ4n) is 7.83. The Morgan fingerprint density at radius 2 is 2.00 bits per heavy atom. The number of ketones is 1. The molecule has 0 bridgehead atoms. The van der Waals surface area contributed by atoms with Crippen LogP contribution >= 0.6 is 0 Å². The second-order valence-corrected chi connectivity index (χ2v) is 11.0. The van der Waals surface area contributed by atoms with Gasteiger partial charge in [-0.3, -0.25) is 4.79 Å². The van der Waals surface area contributed by atoms with Crippen LogP contribution in [-0.2, 0) is 9.63 Å². The van der Waals surface area contributed by atoms with Gasteiger partial charge in [0.1, 0.15) is 12.4 Å². The zero-order chi connectivity index (χ0) is 21.6. The van der Waals surface area contributed by atoms with Crippen molar-refractivity contribution >= 4 is 11.5 Å². The smallest absolute Gasteiger partial charge is 0.139 e. The highest BCUT2D eigenvalue weighted by atomic mass is 16.6. The number of Topliss-reactive ketones (excluding diaryl/α,β-unsaturated/α-hetero) is 1. The van der Waals surface area contributed by atoms with Gasteiger partial charge in [-0.05, 0) is 88.1 Å². The van der Waals surface area contributed by atoms with Gasteiger partial charge in [-0.25, -0.2) is 0 Å². The number of nitrogens with one attached hydrogen (secondary N) is 1. The summed E-state index contributed by atoms with van der Waals surface area (Å²) in [5.74, 6) is 1.59. The highest BCUT2D eigenvalue weighted by Gasteiger charge is 2.65. The van der Waals surface area contributed by atoms with Crippen molar-refractivity contribution in [3.63, 3.8) is 0 Å². The lowest BCUT2D eigenvalue weighted by Crippen LogP contribution is -2.64. The van der Waals surface area contributed by atoms with Gasteiger partial charge in [0.2, 0.25) is 0 Å². The predicted molar refractivity (Wildman–Crippen MR) is 116 cm³/mol. The molecule has 0 aromatic carbocycles. The van der Waals surface area contributed by atoms with E-state index in [9.17, 15) is 15.0 Å². The molecule has 7 atom stereocenters. The summed E-state index contributed by atoms with van der Waals surface area (Å²) in [6.45, 7) is 5.77. The van der Waals surface area contributed by atoms with E-state index in [1.165, 1.54) is 0 Å². The first-order valence-electron chi connectivity index (χ1n) is 12.0. The number of fused-ring (bicyclic) bond motifs is 5. The molecule has 4 aliphatic rings. The van der Waals surface area contributed by atoms with E-state index in [1.54, 1.807) is 0 Å². The van der Waals surface area contributed by atoms with Crippen molar-refractivity contribution in [1.29, 1.82) is 0 Å². The normalized spacial score (nSPS) is 47.0. The first-order chi connectivity index (χ1) is 14.3. The van der Waals surface area contributed by atoms with Gasteiger partial charge >= 0.3 is 0 Å². The summed E-state index contributed by atoms with van der Waals surface area (Å²) in [4.78, 5) is 18.2. The second-order valence-electron chi connectivity index (χ2n) is 11.0. The van der Waals surface area contributed by atoms with Crippen molar-refractivity contribution in [2.24, 2.45) is 39.7 Å². The van der Waals surface area contributed by atoms with Crippen molar-refractivity contribution < 1.29 is 19.8 Å². The minimum absolute atomic E-state index is 0.00822. The second kappa shape index (κ2) is 8.18. The van der Waals surface area contributed by atoms with Crippen LogP contribution in [0, 0.1) is 34.5 Å². The quantitative estimate of drug-likeness (QED) is 0.454. The van der Waals surface area contributed by atoms with Gasteiger partial charge in [0.15, 0.2) is 0 Å². The molecule has 2 unspecified atom stereocenters. The van der Waals surface area contributed by atoms with Crippen molar-refractivity contribution in [2.45, 2.75) is 77.2 Å². The molecule has 0 saturated heterocycles. The summed E-state index contributed by atoms with van der Waals surface area (Å²) in [7, 11) is 1.93. The van der Waals surface area contributed by atoms with Gasteiger partial charge in [0, 0.05) is 17.8 Å². The maximum atomic E-state index is 12.7.